The first kappa shape index (κ1) is 19.1. The highest BCUT2D eigenvalue weighted by molar-refractivity contribution is 5.94. The van der Waals surface area contributed by atoms with Crippen LogP contribution in [0.2, 0.25) is 0 Å². The Kier molecular flexibility index (Phi) is 5.13. The number of nitrogens with zero attached hydrogens (tertiary/aromatic N) is 3. The highest BCUT2D eigenvalue weighted by atomic mass is 16.5. The molecule has 4 aromatic rings. The number of carbonyl (C=O) groups is 2. The van der Waals surface area contributed by atoms with Crippen molar-refractivity contribution in [3.63, 3.8) is 0 Å². The lowest BCUT2D eigenvalue weighted by Gasteiger charge is -2.07. The van der Waals surface area contributed by atoms with Crippen molar-refractivity contribution in [1.82, 2.24) is 14.1 Å². The lowest BCUT2D eigenvalue weighted by atomic mass is 10.2. The molecular weight excluding hydrogens is 384 g/mol. The van der Waals surface area contributed by atoms with Gasteiger partial charge in [-0.3, -0.25) is 9.36 Å². The Morgan fingerprint density at radius 1 is 1.03 bits per heavy atom. The van der Waals surface area contributed by atoms with Gasteiger partial charge < -0.3 is 10.1 Å². The van der Waals surface area contributed by atoms with Crippen LogP contribution in [0.15, 0.2) is 77.7 Å². The molecule has 0 unspecified atom stereocenters. The number of anilines is 1. The third-order valence-electron chi connectivity index (χ3n) is 4.57. The molecule has 8 nitrogen and oxygen atoms in total. The molecule has 0 aliphatic rings. The summed E-state index contributed by atoms with van der Waals surface area (Å²) in [6.45, 7) is -0.205. The van der Waals surface area contributed by atoms with Gasteiger partial charge in [0.2, 0.25) is 5.91 Å². The van der Waals surface area contributed by atoms with Gasteiger partial charge in [0.25, 0.3) is 0 Å². The summed E-state index contributed by atoms with van der Waals surface area (Å²) in [5, 5.41) is 2.71. The second kappa shape index (κ2) is 8.04. The fourth-order valence-electron chi connectivity index (χ4n) is 3.23. The van der Waals surface area contributed by atoms with Gasteiger partial charge in [-0.15, -0.1) is 0 Å². The minimum atomic E-state index is -0.501. The topological polar surface area (TPSA) is 95.2 Å². The summed E-state index contributed by atoms with van der Waals surface area (Å²) in [6.07, 6.45) is 1.60. The number of para-hydroxylation sites is 1. The van der Waals surface area contributed by atoms with Gasteiger partial charge in [-0.1, -0.05) is 24.3 Å². The zero-order chi connectivity index (χ0) is 21.1. The maximum absolute atomic E-state index is 13.1. The number of methoxy groups -OCH3 is 1. The number of imidazole rings is 1. The van der Waals surface area contributed by atoms with Crippen LogP contribution in [0.25, 0.3) is 16.9 Å². The smallest absolute Gasteiger partial charge is 0.337 e. The molecule has 2 heterocycles. The molecule has 2 aromatic heterocycles. The van der Waals surface area contributed by atoms with Gasteiger partial charge in [0.1, 0.15) is 6.54 Å². The largest absolute Gasteiger partial charge is 0.465 e. The molecule has 0 aliphatic heterocycles. The maximum Gasteiger partial charge on any atom is 0.337 e. The molecule has 4 rings (SSSR count). The molecule has 150 valence electrons. The molecule has 0 atom stereocenters. The summed E-state index contributed by atoms with van der Waals surface area (Å²) in [5.74, 6) is -0.908. The van der Waals surface area contributed by atoms with Crippen LogP contribution in [0.3, 0.4) is 0 Å². The van der Waals surface area contributed by atoms with Gasteiger partial charge >= 0.3 is 11.7 Å². The minimum Gasteiger partial charge on any atom is -0.465 e. The van der Waals surface area contributed by atoms with Crippen molar-refractivity contribution < 1.29 is 14.3 Å². The third kappa shape index (κ3) is 3.58. The average molecular weight is 402 g/mol. The van der Waals surface area contributed by atoms with Crippen LogP contribution >= 0.6 is 0 Å². The number of esters is 1. The molecule has 8 heteroatoms. The normalized spacial score (nSPS) is 10.7. The first-order valence-electron chi connectivity index (χ1n) is 9.18. The lowest BCUT2D eigenvalue weighted by molar-refractivity contribution is -0.116. The maximum atomic E-state index is 13.1. The Bertz CT molecular complexity index is 1290. The number of hydrogen-bond donors (Lipinski definition) is 1. The standard InChI is InChI=1S/C22H18N4O4/c1-30-21(28)15-7-5-8-16(13-15)24-19(27)14-25-18-11-6-12-23-20(18)26(22(25)29)17-9-3-2-4-10-17/h2-13H,14H2,1H3,(H,24,27). The number of nitrogens with one attached hydrogen (secondary N) is 1. The summed E-state index contributed by atoms with van der Waals surface area (Å²) >= 11 is 0. The zero-order valence-electron chi connectivity index (χ0n) is 16.1. The SMILES string of the molecule is COC(=O)c1cccc(NC(=O)Cn2c(=O)n(-c3ccccc3)c3ncccc32)c1. The van der Waals surface area contributed by atoms with Crippen molar-refractivity contribution in [2.24, 2.45) is 0 Å². The first-order valence-corrected chi connectivity index (χ1v) is 9.18. The van der Waals surface area contributed by atoms with E-state index in [9.17, 15) is 14.4 Å². The van der Waals surface area contributed by atoms with Crippen molar-refractivity contribution in [2.75, 3.05) is 12.4 Å². The molecule has 0 bridgehead atoms. The average Bonchev–Trinajstić information content (AvgIpc) is 3.05. The Morgan fingerprint density at radius 3 is 2.60 bits per heavy atom. The molecule has 0 radical (unpaired) electrons. The van der Waals surface area contributed by atoms with Crippen molar-refractivity contribution in [1.29, 1.82) is 0 Å². The van der Waals surface area contributed by atoms with E-state index in [1.165, 1.54) is 22.3 Å². The lowest BCUT2D eigenvalue weighted by Crippen LogP contribution is -2.29. The Balaban J connectivity index is 1.67. The van der Waals surface area contributed by atoms with Crippen molar-refractivity contribution in [3.8, 4) is 5.69 Å². The molecular formula is C22H18N4O4. The Labute approximate surface area is 171 Å². The van der Waals surface area contributed by atoms with E-state index in [1.54, 1.807) is 48.7 Å². The predicted octanol–water partition coefficient (Wildman–Crippen LogP) is 2.61. The highest BCUT2D eigenvalue weighted by Gasteiger charge is 2.17. The van der Waals surface area contributed by atoms with E-state index >= 15 is 0 Å². The van der Waals surface area contributed by atoms with Crippen LogP contribution in [0.5, 0.6) is 0 Å². The summed E-state index contributed by atoms with van der Waals surface area (Å²) in [5.41, 5.74) is 2.06. The Morgan fingerprint density at radius 2 is 1.83 bits per heavy atom. The zero-order valence-corrected chi connectivity index (χ0v) is 16.1. The van der Waals surface area contributed by atoms with Crippen molar-refractivity contribution >= 4 is 28.7 Å². The van der Waals surface area contributed by atoms with E-state index in [1.807, 2.05) is 18.2 Å². The van der Waals surface area contributed by atoms with Crippen LogP contribution in [-0.4, -0.2) is 33.1 Å². The number of pyridine rings is 1. The van der Waals surface area contributed by atoms with Crippen LogP contribution in [-0.2, 0) is 16.1 Å². The van der Waals surface area contributed by atoms with Crippen LogP contribution < -0.4 is 11.0 Å². The van der Waals surface area contributed by atoms with E-state index in [2.05, 4.69) is 10.3 Å². The molecule has 0 saturated carbocycles. The summed E-state index contributed by atoms with van der Waals surface area (Å²) in [7, 11) is 1.29. The van der Waals surface area contributed by atoms with E-state index in [0.29, 0.717) is 28.1 Å². The highest BCUT2D eigenvalue weighted by Crippen LogP contribution is 2.16. The summed E-state index contributed by atoms with van der Waals surface area (Å²) < 4.78 is 7.54. The van der Waals surface area contributed by atoms with Gasteiger partial charge in [-0.2, -0.15) is 0 Å². The second-order valence-electron chi connectivity index (χ2n) is 6.51. The number of rotatable bonds is 5. The number of fused-ring (bicyclic) bond motifs is 1. The first-order chi connectivity index (χ1) is 14.6. The molecule has 1 amide bonds. The number of amides is 1. The van der Waals surface area contributed by atoms with E-state index < -0.39 is 11.9 Å². The molecule has 30 heavy (non-hydrogen) atoms. The fourth-order valence-corrected chi connectivity index (χ4v) is 3.23. The molecule has 0 fully saturated rings. The number of ether oxygens (including phenoxy) is 1. The molecule has 0 saturated heterocycles. The number of carbonyl (C=O) groups excluding carboxylic acids is 2. The monoisotopic (exact) mass is 402 g/mol. The number of hydrogen-bond acceptors (Lipinski definition) is 5. The number of aromatic nitrogens is 3. The van der Waals surface area contributed by atoms with Crippen LogP contribution in [0.1, 0.15) is 10.4 Å². The van der Waals surface area contributed by atoms with E-state index in [0.717, 1.165) is 0 Å². The van der Waals surface area contributed by atoms with Gasteiger partial charge in [0.15, 0.2) is 5.65 Å². The third-order valence-corrected chi connectivity index (χ3v) is 4.57. The van der Waals surface area contributed by atoms with Crippen LogP contribution in [0.4, 0.5) is 5.69 Å². The fraction of sp³-hybridized carbons (Fsp3) is 0.0909. The van der Waals surface area contributed by atoms with Gasteiger partial charge in [0, 0.05) is 11.9 Å². The van der Waals surface area contributed by atoms with Gasteiger partial charge in [0.05, 0.1) is 23.9 Å². The molecule has 0 spiro atoms. The minimum absolute atomic E-state index is 0.205. The van der Waals surface area contributed by atoms with Crippen molar-refractivity contribution in [3.05, 3.63) is 89.0 Å². The molecule has 1 N–H and O–H groups in total. The van der Waals surface area contributed by atoms with Gasteiger partial charge in [-0.25, -0.2) is 19.1 Å². The second-order valence-corrected chi connectivity index (χ2v) is 6.51. The Hall–Kier alpha value is -4.20. The molecule has 2 aromatic carbocycles. The number of benzene rings is 2. The predicted molar refractivity (Wildman–Crippen MR) is 112 cm³/mol. The van der Waals surface area contributed by atoms with E-state index in [4.69, 9.17) is 4.74 Å². The van der Waals surface area contributed by atoms with Crippen LogP contribution in [0, 0.1) is 0 Å². The summed E-state index contributed by atoms with van der Waals surface area (Å²) in [4.78, 5) is 41.8. The summed E-state index contributed by atoms with van der Waals surface area (Å²) in [6, 6.07) is 19.0. The quantitative estimate of drug-likeness (QED) is 0.518. The van der Waals surface area contributed by atoms with Crippen molar-refractivity contribution in [2.45, 2.75) is 6.54 Å². The molecule has 0 aliphatic carbocycles. The van der Waals surface area contributed by atoms with E-state index in [-0.39, 0.29) is 12.2 Å². The van der Waals surface area contributed by atoms with Gasteiger partial charge in [-0.05, 0) is 42.5 Å².